The van der Waals surface area contributed by atoms with E-state index in [1.807, 2.05) is 4.90 Å². The number of aromatic nitrogens is 4. The number of alkyl halides is 3. The van der Waals surface area contributed by atoms with Crippen molar-refractivity contribution in [2.45, 2.75) is 6.18 Å². The number of ether oxygens (including phenoxy) is 1. The summed E-state index contributed by atoms with van der Waals surface area (Å²) in [6, 6.07) is 7.65. The molecule has 0 aliphatic carbocycles. The van der Waals surface area contributed by atoms with Gasteiger partial charge in [-0.1, -0.05) is 23.7 Å². The molecular formula is C16H13ClF3N5O. The molecule has 1 aliphatic rings. The number of nitrogens with zero attached hydrogens (tertiary/aromatic N) is 5. The minimum atomic E-state index is -4.64. The summed E-state index contributed by atoms with van der Waals surface area (Å²) in [4.78, 5) is 14.0. The van der Waals surface area contributed by atoms with E-state index in [4.69, 9.17) is 16.3 Å². The van der Waals surface area contributed by atoms with E-state index in [0.29, 0.717) is 31.8 Å². The highest BCUT2D eigenvalue weighted by Crippen LogP contribution is 2.34. The molecule has 3 aromatic rings. The Morgan fingerprint density at radius 2 is 1.77 bits per heavy atom. The maximum atomic E-state index is 13.5. The lowest BCUT2D eigenvalue weighted by Gasteiger charge is -2.27. The molecule has 1 fully saturated rings. The second-order valence-electron chi connectivity index (χ2n) is 5.71. The topological polar surface area (TPSA) is 56.1 Å². The Labute approximate surface area is 151 Å². The van der Waals surface area contributed by atoms with E-state index in [1.165, 1.54) is 12.1 Å². The van der Waals surface area contributed by atoms with Crippen LogP contribution in [-0.2, 0) is 10.9 Å². The maximum Gasteiger partial charge on any atom is 0.450 e. The van der Waals surface area contributed by atoms with E-state index in [0.717, 1.165) is 4.57 Å². The van der Waals surface area contributed by atoms with Crippen molar-refractivity contribution in [2.75, 3.05) is 31.2 Å². The van der Waals surface area contributed by atoms with Crippen molar-refractivity contribution in [2.24, 2.45) is 0 Å². The van der Waals surface area contributed by atoms with E-state index in [9.17, 15) is 13.2 Å². The third-order valence-corrected chi connectivity index (χ3v) is 4.20. The molecule has 1 aromatic carbocycles. The van der Waals surface area contributed by atoms with Crippen molar-refractivity contribution in [3.63, 3.8) is 0 Å². The van der Waals surface area contributed by atoms with Crippen LogP contribution in [0.2, 0.25) is 5.15 Å². The third-order valence-electron chi connectivity index (χ3n) is 4.01. The summed E-state index contributed by atoms with van der Waals surface area (Å²) in [5.41, 5.74) is 0.519. The van der Waals surface area contributed by atoms with Gasteiger partial charge < -0.3 is 9.64 Å². The normalized spacial score (nSPS) is 15.6. The molecular weight excluding hydrogens is 371 g/mol. The lowest BCUT2D eigenvalue weighted by atomic mass is 10.3. The van der Waals surface area contributed by atoms with Gasteiger partial charge in [0.1, 0.15) is 11.0 Å². The highest BCUT2D eigenvalue weighted by molar-refractivity contribution is 6.29. The van der Waals surface area contributed by atoms with Crippen molar-refractivity contribution in [1.29, 1.82) is 0 Å². The van der Waals surface area contributed by atoms with Crippen LogP contribution in [0.4, 0.5) is 19.1 Å². The first-order valence-electron chi connectivity index (χ1n) is 7.86. The van der Waals surface area contributed by atoms with Gasteiger partial charge in [0, 0.05) is 19.2 Å². The molecule has 2 aromatic heterocycles. The molecule has 6 nitrogen and oxygen atoms in total. The van der Waals surface area contributed by atoms with Crippen LogP contribution in [0.3, 0.4) is 0 Å². The van der Waals surface area contributed by atoms with Crippen molar-refractivity contribution >= 4 is 28.6 Å². The van der Waals surface area contributed by atoms with Crippen molar-refractivity contribution < 1.29 is 17.9 Å². The van der Waals surface area contributed by atoms with Gasteiger partial charge in [0.2, 0.25) is 11.8 Å². The van der Waals surface area contributed by atoms with Gasteiger partial charge in [0.25, 0.3) is 0 Å². The molecule has 10 heteroatoms. The van der Waals surface area contributed by atoms with Crippen molar-refractivity contribution in [3.05, 3.63) is 41.3 Å². The summed E-state index contributed by atoms with van der Waals surface area (Å²) in [6.07, 6.45) is -4.64. The smallest absolute Gasteiger partial charge is 0.378 e. The molecule has 0 amide bonds. The van der Waals surface area contributed by atoms with Gasteiger partial charge in [-0.25, -0.2) is 9.97 Å². The SMILES string of the molecule is FC(F)(F)c1nc2ccccc2n1-c1cc(Cl)nc(N2CCOCC2)n1. The maximum absolute atomic E-state index is 13.5. The van der Waals surface area contributed by atoms with Crippen molar-refractivity contribution in [3.8, 4) is 5.82 Å². The second-order valence-corrected chi connectivity index (χ2v) is 6.09. The predicted molar refractivity (Wildman–Crippen MR) is 89.7 cm³/mol. The summed E-state index contributed by atoms with van der Waals surface area (Å²) in [7, 11) is 0. The standard InChI is InChI=1S/C16H13ClF3N5O/c17-12-9-13(23-15(22-12)24-5-7-26-8-6-24)25-11-4-2-1-3-10(11)21-14(25)16(18,19)20/h1-4,9H,5-8H2. The summed E-state index contributed by atoms with van der Waals surface area (Å²) in [5, 5.41) is 0.0578. The third kappa shape index (κ3) is 3.08. The fraction of sp³-hybridized carbons (Fsp3) is 0.312. The molecule has 3 heterocycles. The van der Waals surface area contributed by atoms with Gasteiger partial charge in [-0.3, -0.25) is 4.57 Å². The molecule has 0 saturated carbocycles. The number of para-hydroxylation sites is 2. The molecule has 0 unspecified atom stereocenters. The quantitative estimate of drug-likeness (QED) is 0.635. The number of rotatable bonds is 2. The summed E-state index contributed by atoms with van der Waals surface area (Å²) in [5.74, 6) is -0.768. The van der Waals surface area contributed by atoms with Gasteiger partial charge >= 0.3 is 6.18 Å². The van der Waals surface area contributed by atoms with Crippen LogP contribution < -0.4 is 4.90 Å². The van der Waals surface area contributed by atoms with Crippen LogP contribution in [0, 0.1) is 0 Å². The number of benzene rings is 1. The monoisotopic (exact) mass is 383 g/mol. The molecule has 0 atom stereocenters. The fourth-order valence-electron chi connectivity index (χ4n) is 2.86. The summed E-state index contributed by atoms with van der Waals surface area (Å²) >= 11 is 6.08. The summed E-state index contributed by atoms with van der Waals surface area (Å²) in [6.45, 7) is 2.06. The number of morpholine rings is 1. The molecule has 136 valence electrons. The largest absolute Gasteiger partial charge is 0.450 e. The van der Waals surface area contributed by atoms with Crippen LogP contribution in [0.25, 0.3) is 16.9 Å². The van der Waals surface area contributed by atoms with E-state index in [2.05, 4.69) is 15.0 Å². The Morgan fingerprint density at radius 1 is 1.04 bits per heavy atom. The molecule has 4 rings (SSSR count). The number of anilines is 1. The Hall–Kier alpha value is -2.39. The van der Waals surface area contributed by atoms with Gasteiger partial charge in [0.05, 0.1) is 24.2 Å². The van der Waals surface area contributed by atoms with E-state index >= 15 is 0 Å². The van der Waals surface area contributed by atoms with E-state index < -0.39 is 12.0 Å². The zero-order valence-corrected chi connectivity index (χ0v) is 14.1. The van der Waals surface area contributed by atoms with Gasteiger partial charge in [-0.2, -0.15) is 18.2 Å². The predicted octanol–water partition coefficient (Wildman–Crippen LogP) is 3.32. The lowest BCUT2D eigenvalue weighted by molar-refractivity contribution is -0.145. The van der Waals surface area contributed by atoms with Gasteiger partial charge in [-0.05, 0) is 12.1 Å². The minimum absolute atomic E-state index is 0.0208. The Kier molecular flexibility index (Phi) is 4.20. The van der Waals surface area contributed by atoms with Crippen LogP contribution in [0.15, 0.2) is 30.3 Å². The molecule has 0 radical (unpaired) electrons. The highest BCUT2D eigenvalue weighted by Gasteiger charge is 2.38. The first kappa shape index (κ1) is 17.0. The molecule has 0 spiro atoms. The Morgan fingerprint density at radius 3 is 2.50 bits per heavy atom. The van der Waals surface area contributed by atoms with Gasteiger partial charge in [0.15, 0.2) is 0 Å². The second kappa shape index (κ2) is 6.40. The van der Waals surface area contributed by atoms with Crippen LogP contribution in [-0.4, -0.2) is 45.8 Å². The van der Waals surface area contributed by atoms with E-state index in [-0.39, 0.29) is 22.4 Å². The van der Waals surface area contributed by atoms with E-state index in [1.54, 1.807) is 18.2 Å². The number of halogens is 4. The average Bonchev–Trinajstić information content (AvgIpc) is 3.02. The number of hydrogen-bond acceptors (Lipinski definition) is 5. The summed E-state index contributed by atoms with van der Waals surface area (Å²) < 4.78 is 46.9. The molecule has 1 saturated heterocycles. The average molecular weight is 384 g/mol. The zero-order chi connectivity index (χ0) is 18.3. The first-order chi connectivity index (χ1) is 12.4. The number of hydrogen-bond donors (Lipinski definition) is 0. The molecule has 26 heavy (non-hydrogen) atoms. The lowest BCUT2D eigenvalue weighted by Crippen LogP contribution is -2.37. The van der Waals surface area contributed by atoms with Crippen LogP contribution >= 0.6 is 11.6 Å². The zero-order valence-electron chi connectivity index (χ0n) is 13.4. The highest BCUT2D eigenvalue weighted by atomic mass is 35.5. The minimum Gasteiger partial charge on any atom is -0.378 e. The number of imidazole rings is 1. The first-order valence-corrected chi connectivity index (χ1v) is 8.23. The van der Waals surface area contributed by atoms with Crippen LogP contribution in [0.5, 0.6) is 0 Å². The number of fused-ring (bicyclic) bond motifs is 1. The fourth-order valence-corrected chi connectivity index (χ4v) is 3.03. The molecule has 0 bridgehead atoms. The van der Waals surface area contributed by atoms with Gasteiger partial charge in [-0.15, -0.1) is 0 Å². The Balaban J connectivity index is 1.91. The molecule has 1 aliphatic heterocycles. The molecule has 0 N–H and O–H groups in total. The Bertz CT molecular complexity index is 953. The van der Waals surface area contributed by atoms with Crippen LogP contribution in [0.1, 0.15) is 5.82 Å². The van der Waals surface area contributed by atoms with Crippen molar-refractivity contribution in [1.82, 2.24) is 19.5 Å².